The Balaban J connectivity index is 1.57. The number of nitrogens with one attached hydrogen (secondary N) is 1. The maximum Gasteiger partial charge on any atom is 0.337 e. The predicted octanol–water partition coefficient (Wildman–Crippen LogP) is 4.18. The molecule has 2 heterocycles. The third-order valence-electron chi connectivity index (χ3n) is 6.61. The van der Waals surface area contributed by atoms with Crippen molar-refractivity contribution in [3.05, 3.63) is 94.9 Å². The Kier molecular flexibility index (Phi) is 4.61. The molecule has 5 rings (SSSR count). The molecular weight excluding hydrogens is 516 g/mol. The number of esters is 1. The zero-order valence-electron chi connectivity index (χ0n) is 36.7. The molecule has 41 heavy (non-hydrogen) atoms. The number of piperazine rings is 1. The van der Waals surface area contributed by atoms with Crippen LogP contribution in [0.15, 0.2) is 72.7 Å². The van der Waals surface area contributed by atoms with E-state index in [1.165, 1.54) is 49.6 Å². The van der Waals surface area contributed by atoms with Crippen molar-refractivity contribution in [1.82, 2.24) is 9.80 Å². The van der Waals surface area contributed by atoms with Gasteiger partial charge in [0.25, 0.3) is 5.91 Å². The van der Waals surface area contributed by atoms with E-state index in [4.69, 9.17) is 23.9 Å². The highest BCUT2D eigenvalue weighted by Crippen LogP contribution is 2.39. The SMILES string of the molecule is [2H]c1c([2H])c([2H])c(/C(Cc2ccc(N(C)C(=O)C([2H])([2H])N3C([2H])([2H])C([2H])([2H])N(C)C([2H])(C)C3([2H])[2H])cc2)=C2/C(=O)Nc3cc(C(=O)OC)ccc32)c([2H])c1[2H]. The molecule has 2 amide bonds. The lowest BCUT2D eigenvalue weighted by atomic mass is 9.90. The number of ether oxygens (including phenoxy) is 1. The fraction of sp³-hybridized carbons (Fsp3) is 0.303. The highest BCUT2D eigenvalue weighted by molar-refractivity contribution is 6.37. The second-order valence-corrected chi connectivity index (χ2v) is 9.19. The average molecular weight is 567 g/mol. The molecule has 1 unspecified atom stereocenters. The number of fused-ring (bicyclic) bond motifs is 1. The summed E-state index contributed by atoms with van der Waals surface area (Å²) in [5, 5.41) is 2.65. The first-order valence-electron chi connectivity index (χ1n) is 19.5. The van der Waals surface area contributed by atoms with Crippen LogP contribution in [0, 0.1) is 0 Å². The van der Waals surface area contributed by atoms with E-state index in [1.807, 2.05) is 0 Å². The van der Waals surface area contributed by atoms with Crippen molar-refractivity contribution in [3.63, 3.8) is 0 Å². The molecule has 2 aliphatic rings. The number of likely N-dealkylation sites (N-methyl/N-ethyl adjacent to an activating group) is 2. The molecule has 8 heteroatoms. The number of methoxy groups -OCH3 is 1. The van der Waals surface area contributed by atoms with E-state index >= 15 is 0 Å². The Labute approximate surface area is 260 Å². The lowest BCUT2D eigenvalue weighted by molar-refractivity contribution is -0.120. The molecule has 1 saturated heterocycles. The standard InChI is InChI=1S/C33H36N4O4/c1-22-20-37(17-16-35(22)2)21-30(38)36(3)26-13-10-23(11-14-26)18-28(24-8-6-5-7-9-24)31-27-15-12-25(33(40)41-4)19-29(27)34-32(31)39/h5-15,19,22H,16-18,20-21H2,1-4H3,(H,34,39)/b31-28+/i5D,6D,7D,8D,9D,16D2,17D2,20D2,21D2,22D. The molecule has 212 valence electrons. The van der Waals surface area contributed by atoms with Crippen molar-refractivity contribution < 1.29 is 38.3 Å². The van der Waals surface area contributed by atoms with Crippen LogP contribution in [0.25, 0.3) is 11.1 Å². The summed E-state index contributed by atoms with van der Waals surface area (Å²) in [5.41, 5.74) is 0.748. The van der Waals surface area contributed by atoms with Gasteiger partial charge in [-0.2, -0.15) is 0 Å². The highest BCUT2D eigenvalue weighted by Gasteiger charge is 2.29. The Morgan fingerprint density at radius 2 is 1.88 bits per heavy atom. The molecule has 0 aromatic heterocycles. The van der Waals surface area contributed by atoms with Gasteiger partial charge >= 0.3 is 5.97 Å². The maximum atomic E-state index is 13.8. The fourth-order valence-electron chi connectivity index (χ4n) is 4.28. The highest BCUT2D eigenvalue weighted by atomic mass is 16.5. The summed E-state index contributed by atoms with van der Waals surface area (Å²) in [6.07, 6.45) is -0.216. The van der Waals surface area contributed by atoms with Crippen LogP contribution in [0.1, 0.15) is 53.2 Å². The van der Waals surface area contributed by atoms with Crippen LogP contribution in [0.2, 0.25) is 0 Å². The lowest BCUT2D eigenvalue weighted by Gasteiger charge is -2.37. The number of anilines is 2. The van der Waals surface area contributed by atoms with Gasteiger partial charge in [0.05, 0.1) is 34.3 Å². The van der Waals surface area contributed by atoms with Gasteiger partial charge in [-0.05, 0) is 61.4 Å². The molecule has 0 radical (unpaired) electrons. The fourth-order valence-corrected chi connectivity index (χ4v) is 4.28. The number of benzene rings is 3. The zero-order chi connectivity index (χ0) is 41.5. The van der Waals surface area contributed by atoms with Crippen LogP contribution < -0.4 is 10.2 Å². The number of amides is 2. The molecule has 1 N–H and O–H groups in total. The number of carbonyl (C=O) groups excluding carboxylic acids is 3. The first-order valence-corrected chi connectivity index (χ1v) is 12.5. The number of allylic oxidation sites excluding steroid dienone is 1. The Hall–Kier alpha value is -4.27. The number of hydrogen-bond donors (Lipinski definition) is 1. The van der Waals surface area contributed by atoms with Crippen molar-refractivity contribution in [3.8, 4) is 0 Å². The van der Waals surface area contributed by atoms with Gasteiger partial charge in [-0.1, -0.05) is 48.4 Å². The van der Waals surface area contributed by atoms with E-state index in [-0.39, 0.29) is 50.5 Å². The van der Waals surface area contributed by atoms with Crippen LogP contribution >= 0.6 is 0 Å². The van der Waals surface area contributed by atoms with E-state index in [0.29, 0.717) is 10.5 Å². The van der Waals surface area contributed by atoms with Gasteiger partial charge in [0.15, 0.2) is 0 Å². The number of nitrogens with zero attached hydrogens (tertiary/aromatic N) is 3. The van der Waals surface area contributed by atoms with Crippen LogP contribution in [0.3, 0.4) is 0 Å². The van der Waals surface area contributed by atoms with Gasteiger partial charge in [0.2, 0.25) is 5.91 Å². The third-order valence-corrected chi connectivity index (χ3v) is 6.61. The average Bonchev–Trinajstić information content (AvgIpc) is 3.45. The van der Waals surface area contributed by atoms with Crippen LogP contribution in [0.5, 0.6) is 0 Å². The van der Waals surface area contributed by atoms with Crippen LogP contribution in [-0.2, 0) is 20.7 Å². The predicted molar refractivity (Wildman–Crippen MR) is 162 cm³/mol. The molecular formula is C33H36N4O4. The van der Waals surface area contributed by atoms with E-state index in [0.717, 1.165) is 25.9 Å². The van der Waals surface area contributed by atoms with Gasteiger partial charge < -0.3 is 19.9 Å². The molecule has 1 atom stereocenters. The van der Waals surface area contributed by atoms with Gasteiger partial charge in [-0.25, -0.2) is 4.79 Å². The molecule has 0 bridgehead atoms. The molecule has 0 saturated carbocycles. The number of hydrogen-bond acceptors (Lipinski definition) is 6. The summed E-state index contributed by atoms with van der Waals surface area (Å²) in [4.78, 5) is 40.6. The van der Waals surface area contributed by atoms with Crippen LogP contribution in [0.4, 0.5) is 11.4 Å². The Morgan fingerprint density at radius 1 is 1.15 bits per heavy atom. The number of carbonyl (C=O) groups is 3. The largest absolute Gasteiger partial charge is 0.465 e. The first-order chi connectivity index (χ1) is 25.2. The van der Waals surface area contributed by atoms with E-state index in [9.17, 15) is 14.4 Å². The van der Waals surface area contributed by atoms with E-state index < -0.39 is 80.0 Å². The zero-order valence-corrected chi connectivity index (χ0v) is 22.7. The minimum atomic E-state index is -3.55. The van der Waals surface area contributed by atoms with Gasteiger partial charge in [0, 0.05) is 59.1 Å². The summed E-state index contributed by atoms with van der Waals surface area (Å²) in [6.45, 7) is -12.4. The first kappa shape index (κ1) is 15.7. The van der Waals surface area contributed by atoms with Gasteiger partial charge in [0.1, 0.15) is 0 Å². The van der Waals surface area contributed by atoms with Gasteiger partial charge in [-0.15, -0.1) is 0 Å². The van der Waals surface area contributed by atoms with E-state index in [2.05, 4.69) is 5.32 Å². The summed E-state index contributed by atoms with van der Waals surface area (Å²) >= 11 is 0. The smallest absolute Gasteiger partial charge is 0.337 e. The quantitative estimate of drug-likeness (QED) is 0.341. The minimum absolute atomic E-state index is 0.0147. The monoisotopic (exact) mass is 566 g/mol. The Bertz CT molecular complexity index is 2100. The summed E-state index contributed by atoms with van der Waals surface area (Å²) < 4.78 is 123. The molecule has 0 aliphatic carbocycles. The molecule has 1 fully saturated rings. The second kappa shape index (κ2) is 12.1. The summed E-state index contributed by atoms with van der Waals surface area (Å²) in [6, 6.07) is 4.16. The summed E-state index contributed by atoms with van der Waals surface area (Å²) in [5.74, 6) is -2.84. The van der Waals surface area contributed by atoms with E-state index in [1.54, 1.807) is 0 Å². The number of rotatable bonds is 7. The van der Waals surface area contributed by atoms with Gasteiger partial charge in [-0.3, -0.25) is 14.5 Å². The third kappa shape index (κ3) is 6.09. The van der Waals surface area contributed by atoms with Crippen LogP contribution in [-0.4, -0.2) is 80.8 Å². The van der Waals surface area contributed by atoms with Crippen molar-refractivity contribution >= 4 is 40.3 Å². The van der Waals surface area contributed by atoms with Crippen molar-refractivity contribution in [2.75, 3.05) is 57.4 Å². The molecule has 3 aromatic carbocycles. The maximum absolute atomic E-state index is 13.8. The molecule has 3 aromatic rings. The lowest BCUT2D eigenvalue weighted by Crippen LogP contribution is -2.52. The normalized spacial score (nSPS) is 29.2. The second-order valence-electron chi connectivity index (χ2n) is 9.19. The van der Waals surface area contributed by atoms with Crippen molar-refractivity contribution in [2.45, 2.75) is 19.4 Å². The summed E-state index contributed by atoms with van der Waals surface area (Å²) in [7, 11) is 3.31. The molecule has 2 aliphatic heterocycles. The van der Waals surface area contributed by atoms with Crippen molar-refractivity contribution in [2.24, 2.45) is 0 Å². The Morgan fingerprint density at radius 3 is 2.59 bits per heavy atom. The molecule has 0 spiro atoms. The topological polar surface area (TPSA) is 82.2 Å². The molecule has 8 nitrogen and oxygen atoms in total. The van der Waals surface area contributed by atoms with Crippen molar-refractivity contribution in [1.29, 1.82) is 0 Å². The minimum Gasteiger partial charge on any atom is -0.465 e.